The number of nitrogens with zero attached hydrogens (tertiary/aromatic N) is 2. The lowest BCUT2D eigenvalue weighted by Crippen LogP contribution is -2.39. The minimum Gasteiger partial charge on any atom is -0.461 e. The Morgan fingerprint density at radius 3 is 2.50 bits per heavy atom. The Bertz CT molecular complexity index is 741. The Balaban J connectivity index is 2.05. The molecule has 0 aliphatic rings. The first-order valence-corrected chi connectivity index (χ1v) is 9.60. The summed E-state index contributed by atoms with van der Waals surface area (Å²) in [6.07, 6.45) is 0.958. The van der Waals surface area contributed by atoms with E-state index in [1.165, 1.54) is 16.9 Å². The van der Waals surface area contributed by atoms with E-state index >= 15 is 0 Å². The van der Waals surface area contributed by atoms with Crippen LogP contribution in [0, 0.1) is 0 Å². The first kappa shape index (κ1) is 19.9. The lowest BCUT2D eigenvalue weighted by Gasteiger charge is -2.26. The molecular weight excluding hydrogens is 350 g/mol. The molecule has 7 heteroatoms. The highest BCUT2D eigenvalue weighted by atomic mass is 32.1. The lowest BCUT2D eigenvalue weighted by molar-refractivity contribution is 0.0520. The molecule has 0 spiro atoms. The number of nitrogens with one attached hydrogen (secondary N) is 1. The third kappa shape index (κ3) is 5.29. The summed E-state index contributed by atoms with van der Waals surface area (Å²) < 4.78 is 4.95. The zero-order valence-corrected chi connectivity index (χ0v) is 16.4. The van der Waals surface area contributed by atoms with Gasteiger partial charge in [-0.25, -0.2) is 14.6 Å². The average molecular weight is 375 g/mol. The Hall–Kier alpha value is -2.41. The second-order valence-corrected chi connectivity index (χ2v) is 6.99. The van der Waals surface area contributed by atoms with Crippen LogP contribution in [0.1, 0.15) is 48.8 Å². The van der Waals surface area contributed by atoms with Crippen LogP contribution in [-0.2, 0) is 17.7 Å². The lowest BCUT2D eigenvalue weighted by atomic mass is 10.1. The second-order valence-electron chi connectivity index (χ2n) is 6.05. The first-order valence-electron chi connectivity index (χ1n) is 8.72. The molecule has 26 heavy (non-hydrogen) atoms. The standard InChI is InChI=1S/C19H25N3O3S/c1-5-14-7-9-15(10-8-14)20-19(24)22(13(3)4)11-17-21-16(12-26-17)18(23)25-6-2/h7-10,12-13H,5-6,11H2,1-4H3,(H,20,24). The topological polar surface area (TPSA) is 71.5 Å². The highest BCUT2D eigenvalue weighted by molar-refractivity contribution is 7.09. The minimum atomic E-state index is -0.438. The zero-order valence-electron chi connectivity index (χ0n) is 15.6. The highest BCUT2D eigenvalue weighted by Crippen LogP contribution is 2.17. The molecule has 0 fully saturated rings. The van der Waals surface area contributed by atoms with Crippen LogP contribution in [0.15, 0.2) is 29.6 Å². The molecular formula is C19H25N3O3S. The molecule has 0 unspecified atom stereocenters. The summed E-state index contributed by atoms with van der Waals surface area (Å²) in [5, 5.41) is 5.27. The number of esters is 1. The summed E-state index contributed by atoms with van der Waals surface area (Å²) in [5.41, 5.74) is 2.26. The van der Waals surface area contributed by atoms with Crippen molar-refractivity contribution in [1.29, 1.82) is 0 Å². The van der Waals surface area contributed by atoms with Crippen LogP contribution in [0.25, 0.3) is 0 Å². The number of hydrogen-bond acceptors (Lipinski definition) is 5. The summed E-state index contributed by atoms with van der Waals surface area (Å²) in [6.45, 7) is 8.37. The number of benzene rings is 1. The van der Waals surface area contributed by atoms with Gasteiger partial charge in [0.1, 0.15) is 5.01 Å². The van der Waals surface area contributed by atoms with Gasteiger partial charge < -0.3 is 15.0 Å². The molecule has 1 aromatic heterocycles. The highest BCUT2D eigenvalue weighted by Gasteiger charge is 2.20. The van der Waals surface area contributed by atoms with Gasteiger partial charge in [0.25, 0.3) is 0 Å². The van der Waals surface area contributed by atoms with E-state index in [0.717, 1.165) is 12.1 Å². The van der Waals surface area contributed by atoms with Crippen molar-refractivity contribution in [3.05, 3.63) is 45.9 Å². The molecule has 2 aromatic rings. The van der Waals surface area contributed by atoms with E-state index < -0.39 is 5.97 Å². The molecule has 140 valence electrons. The van der Waals surface area contributed by atoms with Crippen LogP contribution in [0.2, 0.25) is 0 Å². The molecule has 0 atom stereocenters. The Morgan fingerprint density at radius 2 is 1.92 bits per heavy atom. The number of urea groups is 1. The quantitative estimate of drug-likeness (QED) is 0.732. The van der Waals surface area contributed by atoms with Gasteiger partial charge in [-0.3, -0.25) is 0 Å². The minimum absolute atomic E-state index is 0.0140. The maximum atomic E-state index is 12.7. The van der Waals surface area contributed by atoms with Crippen molar-refractivity contribution >= 4 is 29.0 Å². The molecule has 0 saturated heterocycles. The number of aromatic nitrogens is 1. The molecule has 1 aromatic carbocycles. The van der Waals surface area contributed by atoms with Crippen molar-refractivity contribution in [2.45, 2.75) is 46.7 Å². The monoisotopic (exact) mass is 375 g/mol. The van der Waals surface area contributed by atoms with Gasteiger partial charge in [0, 0.05) is 17.1 Å². The summed E-state index contributed by atoms with van der Waals surface area (Å²) in [4.78, 5) is 30.4. The van der Waals surface area contributed by atoms with E-state index in [1.807, 2.05) is 38.1 Å². The number of aryl methyl sites for hydroxylation is 1. The molecule has 2 amide bonds. The maximum absolute atomic E-state index is 12.7. The van der Waals surface area contributed by atoms with Crippen molar-refractivity contribution in [2.75, 3.05) is 11.9 Å². The molecule has 6 nitrogen and oxygen atoms in total. The predicted octanol–water partition coefficient (Wildman–Crippen LogP) is 4.32. The molecule has 0 saturated carbocycles. The summed E-state index contributed by atoms with van der Waals surface area (Å²) >= 11 is 1.34. The van der Waals surface area contributed by atoms with Crippen LogP contribution in [0.3, 0.4) is 0 Å². The van der Waals surface area contributed by atoms with Gasteiger partial charge in [0.05, 0.1) is 13.2 Å². The van der Waals surface area contributed by atoms with Gasteiger partial charge in [0.15, 0.2) is 5.69 Å². The fourth-order valence-electron chi connectivity index (χ4n) is 2.34. The first-order chi connectivity index (χ1) is 12.4. The SMILES string of the molecule is CCOC(=O)c1csc(CN(C(=O)Nc2ccc(CC)cc2)C(C)C)n1. The van der Waals surface area contributed by atoms with E-state index in [9.17, 15) is 9.59 Å². The van der Waals surface area contributed by atoms with E-state index in [-0.39, 0.29) is 17.8 Å². The number of thiazole rings is 1. The Labute approximate surface area is 158 Å². The number of amides is 2. The van der Waals surface area contributed by atoms with Crippen molar-refractivity contribution in [3.8, 4) is 0 Å². The van der Waals surface area contributed by atoms with Gasteiger partial charge in [-0.05, 0) is 44.9 Å². The number of anilines is 1. The van der Waals surface area contributed by atoms with E-state index in [1.54, 1.807) is 17.2 Å². The Kier molecular flexibility index (Phi) is 7.15. The maximum Gasteiger partial charge on any atom is 0.357 e. The summed E-state index contributed by atoms with van der Waals surface area (Å²) in [5.74, 6) is -0.438. The zero-order chi connectivity index (χ0) is 19.1. The van der Waals surface area contributed by atoms with Crippen LogP contribution in [-0.4, -0.2) is 34.5 Å². The molecule has 1 N–H and O–H groups in total. The van der Waals surface area contributed by atoms with Gasteiger partial charge in [-0.15, -0.1) is 11.3 Å². The smallest absolute Gasteiger partial charge is 0.357 e. The average Bonchev–Trinajstić information content (AvgIpc) is 3.09. The van der Waals surface area contributed by atoms with E-state index in [4.69, 9.17) is 4.74 Å². The van der Waals surface area contributed by atoms with Crippen LogP contribution in [0.4, 0.5) is 10.5 Å². The fourth-order valence-corrected chi connectivity index (χ4v) is 3.10. The summed E-state index contributed by atoms with van der Waals surface area (Å²) in [6, 6.07) is 7.59. The normalized spacial score (nSPS) is 10.7. The predicted molar refractivity (Wildman–Crippen MR) is 104 cm³/mol. The number of carbonyl (C=O) groups is 2. The number of rotatable bonds is 7. The van der Waals surface area contributed by atoms with Gasteiger partial charge >= 0.3 is 12.0 Å². The molecule has 2 rings (SSSR count). The third-order valence-corrected chi connectivity index (χ3v) is 4.67. The summed E-state index contributed by atoms with van der Waals surface area (Å²) in [7, 11) is 0. The van der Waals surface area contributed by atoms with Crippen molar-refractivity contribution < 1.29 is 14.3 Å². The fraction of sp³-hybridized carbons (Fsp3) is 0.421. The molecule has 0 bridgehead atoms. The van der Waals surface area contributed by atoms with Crippen LogP contribution in [0.5, 0.6) is 0 Å². The van der Waals surface area contributed by atoms with Crippen molar-refractivity contribution in [1.82, 2.24) is 9.88 Å². The second kappa shape index (κ2) is 9.33. The molecule has 0 radical (unpaired) electrons. The molecule has 0 aliphatic heterocycles. The largest absolute Gasteiger partial charge is 0.461 e. The number of hydrogen-bond donors (Lipinski definition) is 1. The number of ether oxygens (including phenoxy) is 1. The Morgan fingerprint density at radius 1 is 1.23 bits per heavy atom. The van der Waals surface area contributed by atoms with E-state index in [2.05, 4.69) is 17.2 Å². The third-order valence-electron chi connectivity index (χ3n) is 3.84. The van der Waals surface area contributed by atoms with Crippen LogP contribution >= 0.6 is 11.3 Å². The van der Waals surface area contributed by atoms with Gasteiger partial charge in [-0.2, -0.15) is 0 Å². The van der Waals surface area contributed by atoms with Crippen LogP contribution < -0.4 is 5.32 Å². The van der Waals surface area contributed by atoms with Gasteiger partial charge in [-0.1, -0.05) is 19.1 Å². The molecule has 1 heterocycles. The number of carbonyl (C=O) groups excluding carboxylic acids is 2. The van der Waals surface area contributed by atoms with Crippen molar-refractivity contribution in [2.24, 2.45) is 0 Å². The molecule has 0 aliphatic carbocycles. The van der Waals surface area contributed by atoms with E-state index in [0.29, 0.717) is 18.2 Å². The van der Waals surface area contributed by atoms with Crippen molar-refractivity contribution in [3.63, 3.8) is 0 Å². The van der Waals surface area contributed by atoms with Gasteiger partial charge in [0.2, 0.25) is 0 Å².